The number of methoxy groups -OCH3 is 2. The summed E-state index contributed by atoms with van der Waals surface area (Å²) in [4.78, 5) is 24.7. The second kappa shape index (κ2) is 8.26. The smallest absolute Gasteiger partial charge is 0.339 e. The summed E-state index contributed by atoms with van der Waals surface area (Å²) in [6, 6.07) is 7.75. The van der Waals surface area contributed by atoms with E-state index in [0.717, 1.165) is 0 Å². The molecule has 2 aromatic carbocycles. The van der Waals surface area contributed by atoms with E-state index in [4.69, 9.17) is 35.3 Å². The molecule has 148 valence electrons. The fraction of sp³-hybridized carbons (Fsp3) is 0.263. The number of hydrogen-bond acceptors (Lipinski definition) is 7. The zero-order chi connectivity index (χ0) is 20.3. The van der Waals surface area contributed by atoms with Gasteiger partial charge in [-0.1, -0.05) is 11.6 Å². The van der Waals surface area contributed by atoms with Crippen molar-refractivity contribution in [1.82, 2.24) is 0 Å². The second-order valence-electron chi connectivity index (χ2n) is 5.80. The van der Waals surface area contributed by atoms with Crippen LogP contribution in [-0.4, -0.2) is 39.0 Å². The molecule has 2 aromatic rings. The molecule has 8 nitrogen and oxygen atoms in total. The molecular formula is C19H18ClNO7. The van der Waals surface area contributed by atoms with Gasteiger partial charge in [-0.2, -0.15) is 0 Å². The number of anilines is 1. The van der Waals surface area contributed by atoms with E-state index >= 15 is 0 Å². The zero-order valence-corrected chi connectivity index (χ0v) is 16.2. The molecule has 0 aliphatic carbocycles. The molecule has 1 atom stereocenters. The van der Waals surface area contributed by atoms with Crippen LogP contribution in [-0.2, 0) is 9.53 Å². The van der Waals surface area contributed by atoms with Gasteiger partial charge in [-0.15, -0.1) is 0 Å². The first-order valence-corrected chi connectivity index (χ1v) is 8.63. The van der Waals surface area contributed by atoms with Crippen LogP contribution in [0.2, 0.25) is 5.02 Å². The Morgan fingerprint density at radius 3 is 2.57 bits per heavy atom. The van der Waals surface area contributed by atoms with Crippen LogP contribution in [0.4, 0.5) is 5.69 Å². The summed E-state index contributed by atoms with van der Waals surface area (Å²) < 4.78 is 26.0. The van der Waals surface area contributed by atoms with Crippen LogP contribution in [0.25, 0.3) is 0 Å². The molecule has 0 unspecified atom stereocenters. The number of esters is 1. The Morgan fingerprint density at radius 1 is 1.11 bits per heavy atom. The third kappa shape index (κ3) is 4.07. The normalized spacial score (nSPS) is 12.9. The van der Waals surface area contributed by atoms with Gasteiger partial charge in [0.1, 0.15) is 0 Å². The fourth-order valence-electron chi connectivity index (χ4n) is 2.53. The molecule has 1 aliphatic rings. The van der Waals surface area contributed by atoms with Gasteiger partial charge in [0, 0.05) is 11.8 Å². The number of amides is 1. The third-order valence-electron chi connectivity index (χ3n) is 3.97. The maximum atomic E-state index is 12.4. The van der Waals surface area contributed by atoms with Crippen molar-refractivity contribution in [2.45, 2.75) is 13.0 Å². The van der Waals surface area contributed by atoms with Crippen LogP contribution < -0.4 is 24.3 Å². The summed E-state index contributed by atoms with van der Waals surface area (Å²) >= 11 is 6.06. The highest BCUT2D eigenvalue weighted by Gasteiger charge is 2.24. The first-order valence-electron chi connectivity index (χ1n) is 8.26. The van der Waals surface area contributed by atoms with Crippen molar-refractivity contribution in [2.24, 2.45) is 0 Å². The Kier molecular flexibility index (Phi) is 5.79. The van der Waals surface area contributed by atoms with Crippen LogP contribution in [0.3, 0.4) is 0 Å². The number of benzene rings is 2. The van der Waals surface area contributed by atoms with Crippen molar-refractivity contribution in [2.75, 3.05) is 26.3 Å². The van der Waals surface area contributed by atoms with E-state index in [1.165, 1.54) is 33.3 Å². The van der Waals surface area contributed by atoms with Gasteiger partial charge in [-0.3, -0.25) is 4.79 Å². The minimum Gasteiger partial charge on any atom is -0.493 e. The lowest BCUT2D eigenvalue weighted by Crippen LogP contribution is -2.30. The minimum atomic E-state index is -1.05. The highest BCUT2D eigenvalue weighted by atomic mass is 35.5. The number of rotatable bonds is 6. The van der Waals surface area contributed by atoms with Crippen LogP contribution in [0.1, 0.15) is 17.3 Å². The standard InChI is InChI=1S/C19H18ClNO7/c1-10(18(22)21-12-4-5-14(24-2)15(8-12)25-3)28-19(23)11-6-13(20)17-16(7-11)26-9-27-17/h4-8,10H,9H2,1-3H3,(H,21,22)/t10-/m0/s1. The van der Waals surface area contributed by atoms with Crippen molar-refractivity contribution in [3.63, 3.8) is 0 Å². The van der Waals surface area contributed by atoms with Gasteiger partial charge in [0.25, 0.3) is 5.91 Å². The number of ether oxygens (including phenoxy) is 5. The van der Waals surface area contributed by atoms with Gasteiger partial charge in [0.2, 0.25) is 6.79 Å². The molecule has 9 heteroatoms. The SMILES string of the molecule is COc1ccc(NC(=O)[C@H](C)OC(=O)c2cc(Cl)c3c(c2)OCO3)cc1OC. The first kappa shape index (κ1) is 19.6. The molecule has 0 radical (unpaired) electrons. The number of nitrogens with one attached hydrogen (secondary N) is 1. The Hall–Kier alpha value is -3.13. The maximum Gasteiger partial charge on any atom is 0.339 e. The van der Waals surface area contributed by atoms with E-state index in [1.807, 2.05) is 0 Å². The highest BCUT2D eigenvalue weighted by Crippen LogP contribution is 2.40. The molecule has 1 amide bonds. The molecule has 0 fully saturated rings. The Balaban J connectivity index is 1.66. The minimum absolute atomic E-state index is 0.0255. The van der Waals surface area contributed by atoms with Gasteiger partial charge in [-0.05, 0) is 31.2 Å². The zero-order valence-electron chi connectivity index (χ0n) is 15.4. The number of halogens is 1. The van der Waals surface area contributed by atoms with Crippen molar-refractivity contribution < 1.29 is 33.3 Å². The largest absolute Gasteiger partial charge is 0.493 e. The van der Waals surface area contributed by atoms with E-state index in [1.54, 1.807) is 18.2 Å². The average Bonchev–Trinajstić information content (AvgIpc) is 3.17. The number of carbonyl (C=O) groups is 2. The third-order valence-corrected chi connectivity index (χ3v) is 4.25. The van der Waals surface area contributed by atoms with Crippen molar-refractivity contribution in [3.05, 3.63) is 40.9 Å². The van der Waals surface area contributed by atoms with E-state index in [2.05, 4.69) is 5.32 Å². The lowest BCUT2D eigenvalue weighted by molar-refractivity contribution is -0.123. The second-order valence-corrected chi connectivity index (χ2v) is 6.21. The summed E-state index contributed by atoms with van der Waals surface area (Å²) in [6.07, 6.45) is -1.05. The Morgan fingerprint density at radius 2 is 1.86 bits per heavy atom. The Labute approximate surface area is 166 Å². The van der Waals surface area contributed by atoms with Gasteiger partial charge < -0.3 is 29.0 Å². The highest BCUT2D eigenvalue weighted by molar-refractivity contribution is 6.32. The Bertz CT molecular complexity index is 915. The number of hydrogen-bond donors (Lipinski definition) is 1. The number of fused-ring (bicyclic) bond motifs is 1. The quantitative estimate of drug-likeness (QED) is 0.734. The summed E-state index contributed by atoms with van der Waals surface area (Å²) in [7, 11) is 3.00. The van der Waals surface area contributed by atoms with Gasteiger partial charge in [0.15, 0.2) is 29.1 Å². The molecule has 0 saturated heterocycles. The molecule has 1 aliphatic heterocycles. The fourth-order valence-corrected chi connectivity index (χ4v) is 2.79. The lowest BCUT2D eigenvalue weighted by Gasteiger charge is -2.15. The molecule has 0 spiro atoms. The summed E-state index contributed by atoms with van der Waals surface area (Å²) in [6.45, 7) is 1.49. The first-order chi connectivity index (χ1) is 13.4. The molecule has 28 heavy (non-hydrogen) atoms. The molecular weight excluding hydrogens is 390 g/mol. The summed E-state index contributed by atoms with van der Waals surface area (Å²) in [5, 5.41) is 2.88. The van der Waals surface area contributed by atoms with E-state index in [-0.39, 0.29) is 17.4 Å². The topological polar surface area (TPSA) is 92.3 Å². The van der Waals surface area contributed by atoms with E-state index in [0.29, 0.717) is 28.7 Å². The average molecular weight is 408 g/mol. The predicted octanol–water partition coefficient (Wildman–Crippen LogP) is 3.27. The molecule has 1 N–H and O–H groups in total. The maximum absolute atomic E-state index is 12.4. The van der Waals surface area contributed by atoms with Crippen LogP contribution in [0, 0.1) is 0 Å². The molecule has 0 bridgehead atoms. The van der Waals surface area contributed by atoms with Crippen molar-refractivity contribution >= 4 is 29.2 Å². The molecule has 3 rings (SSSR count). The molecule has 0 aromatic heterocycles. The molecule has 0 saturated carbocycles. The van der Waals surface area contributed by atoms with Gasteiger partial charge in [-0.25, -0.2) is 4.79 Å². The summed E-state index contributed by atoms with van der Waals surface area (Å²) in [5.41, 5.74) is 0.622. The van der Waals surface area contributed by atoms with Crippen molar-refractivity contribution in [1.29, 1.82) is 0 Å². The predicted molar refractivity (Wildman–Crippen MR) is 101 cm³/mol. The van der Waals surface area contributed by atoms with Crippen LogP contribution >= 0.6 is 11.6 Å². The molecule has 1 heterocycles. The summed E-state index contributed by atoms with van der Waals surface area (Å²) in [5.74, 6) is 0.488. The van der Waals surface area contributed by atoms with Gasteiger partial charge in [0.05, 0.1) is 24.8 Å². The van der Waals surface area contributed by atoms with E-state index in [9.17, 15) is 9.59 Å². The number of carbonyl (C=O) groups excluding carboxylic acids is 2. The van der Waals surface area contributed by atoms with E-state index < -0.39 is 18.0 Å². The van der Waals surface area contributed by atoms with Gasteiger partial charge >= 0.3 is 5.97 Å². The lowest BCUT2D eigenvalue weighted by atomic mass is 10.2. The van der Waals surface area contributed by atoms with Crippen LogP contribution in [0.5, 0.6) is 23.0 Å². The van der Waals surface area contributed by atoms with Crippen molar-refractivity contribution in [3.8, 4) is 23.0 Å². The van der Waals surface area contributed by atoms with Crippen LogP contribution in [0.15, 0.2) is 30.3 Å². The monoisotopic (exact) mass is 407 g/mol.